The van der Waals surface area contributed by atoms with E-state index >= 15 is 0 Å². The van der Waals surface area contributed by atoms with Gasteiger partial charge < -0.3 is 19.9 Å². The van der Waals surface area contributed by atoms with Gasteiger partial charge >= 0.3 is 0 Å². The Labute approximate surface area is 161 Å². The molecule has 2 aliphatic heterocycles. The minimum Gasteiger partial charge on any atom is -0.733 e. The number of anilines is 1. The largest absolute Gasteiger partial charge is 0.733 e. The summed E-state index contributed by atoms with van der Waals surface area (Å²) in [5, 5.41) is 27.3. The van der Waals surface area contributed by atoms with Gasteiger partial charge in [-0.3, -0.25) is 19.9 Å². The van der Waals surface area contributed by atoms with E-state index in [1.807, 2.05) is 4.90 Å². The van der Waals surface area contributed by atoms with Crippen LogP contribution in [0.5, 0.6) is 0 Å². The molecule has 1 unspecified atom stereocenters. The lowest BCUT2D eigenvalue weighted by Gasteiger charge is -2.43. The van der Waals surface area contributed by atoms with Crippen molar-refractivity contribution in [3.8, 4) is 0 Å². The number of piperidine rings is 1. The van der Waals surface area contributed by atoms with Crippen molar-refractivity contribution in [2.45, 2.75) is 44.6 Å². The smallest absolute Gasteiger partial charge is 0.275 e. The maximum absolute atomic E-state index is 13.2. The first-order valence-electron chi connectivity index (χ1n) is 9.78. The molecule has 0 saturated carbocycles. The molecule has 1 aliphatic carbocycles. The number of aromatic amines is 1. The third-order valence-electron chi connectivity index (χ3n) is 6.34. The molecular formula is C19H22N5O4-. The van der Waals surface area contributed by atoms with Crippen LogP contribution < -0.4 is 10.8 Å². The maximum Gasteiger partial charge on any atom is 0.275 e. The molecule has 2 aromatic heterocycles. The zero-order valence-electron chi connectivity index (χ0n) is 15.4. The average molecular weight is 384 g/mol. The van der Waals surface area contributed by atoms with Crippen molar-refractivity contribution in [2.75, 3.05) is 18.3 Å². The molecule has 2 N–H and O–H groups in total. The van der Waals surface area contributed by atoms with Crippen molar-refractivity contribution in [1.82, 2.24) is 19.7 Å². The Kier molecular flexibility index (Phi) is 4.02. The van der Waals surface area contributed by atoms with E-state index in [9.17, 15) is 14.8 Å². The summed E-state index contributed by atoms with van der Waals surface area (Å²) >= 11 is 0. The fourth-order valence-electron chi connectivity index (χ4n) is 5.05. The Morgan fingerprint density at radius 1 is 1.25 bits per heavy atom. The highest BCUT2D eigenvalue weighted by molar-refractivity contribution is 5.94. The Morgan fingerprint density at radius 2 is 2.07 bits per heavy atom. The van der Waals surface area contributed by atoms with Crippen LogP contribution in [-0.2, 0) is 19.4 Å². The van der Waals surface area contributed by atoms with Crippen LogP contribution in [0.4, 0.5) is 5.69 Å². The number of nitrogens with one attached hydrogen (secondary N) is 1. The SMILES string of the molecule is O=C(c1n[nH]c2c1CCCC2)N1CC2C[C@@H](C1)Cn1c2ccc(N([O-])O)c1=O. The molecule has 4 heterocycles. The van der Waals surface area contributed by atoms with Gasteiger partial charge in [-0.2, -0.15) is 5.10 Å². The van der Waals surface area contributed by atoms with E-state index in [2.05, 4.69) is 10.2 Å². The average Bonchev–Trinajstić information content (AvgIpc) is 3.12. The Bertz CT molecular complexity index is 995. The summed E-state index contributed by atoms with van der Waals surface area (Å²) in [4.78, 5) is 27.6. The van der Waals surface area contributed by atoms with Gasteiger partial charge in [0.25, 0.3) is 11.5 Å². The van der Waals surface area contributed by atoms with Crippen LogP contribution in [0.3, 0.4) is 0 Å². The lowest BCUT2D eigenvalue weighted by molar-refractivity contribution is 0.0587. The van der Waals surface area contributed by atoms with Gasteiger partial charge in [0.1, 0.15) is 5.69 Å². The number of hydrogen-bond acceptors (Lipinski definition) is 6. The number of rotatable bonds is 2. The summed E-state index contributed by atoms with van der Waals surface area (Å²) in [7, 11) is 0. The first kappa shape index (κ1) is 17.4. The molecule has 0 aromatic carbocycles. The molecule has 1 fully saturated rings. The van der Waals surface area contributed by atoms with Crippen LogP contribution in [0.15, 0.2) is 16.9 Å². The third kappa shape index (κ3) is 2.65. The van der Waals surface area contributed by atoms with E-state index in [1.165, 1.54) is 6.07 Å². The standard InChI is InChI=1S/C19H22N5O4/c25-18-16(24(27)28)6-5-15-12-7-11(9-23(15)18)8-22(10-12)19(26)17-13-3-1-2-4-14(13)20-21-17/h5-6,11-12,27H,1-4,7-10H2,(H,20,21)/q-1/t11-,12?/m0/s1. The second kappa shape index (κ2) is 6.46. The Hall–Kier alpha value is -2.65. The number of amides is 1. The molecule has 1 saturated heterocycles. The highest BCUT2D eigenvalue weighted by atomic mass is 16.8. The highest BCUT2D eigenvalue weighted by Gasteiger charge is 2.38. The van der Waals surface area contributed by atoms with Crippen LogP contribution in [0.1, 0.15) is 52.6 Å². The lowest BCUT2D eigenvalue weighted by Crippen LogP contribution is -2.49. The summed E-state index contributed by atoms with van der Waals surface area (Å²) in [5.41, 5.74) is 2.75. The van der Waals surface area contributed by atoms with Crippen LogP contribution in [-0.4, -0.2) is 43.9 Å². The molecule has 9 nitrogen and oxygen atoms in total. The molecule has 28 heavy (non-hydrogen) atoms. The summed E-state index contributed by atoms with van der Waals surface area (Å²) in [6.07, 6.45) is 4.95. The quantitative estimate of drug-likeness (QED) is 0.756. The number of likely N-dealkylation sites (tertiary alicyclic amines) is 1. The molecule has 5 rings (SSSR count). The summed E-state index contributed by atoms with van der Waals surface area (Å²) in [6.45, 7) is 1.53. The van der Waals surface area contributed by atoms with E-state index in [-0.39, 0.29) is 28.7 Å². The topological polar surface area (TPSA) is 118 Å². The number of fused-ring (bicyclic) bond motifs is 5. The predicted octanol–water partition coefficient (Wildman–Crippen LogP) is 1.40. The Balaban J connectivity index is 1.44. The van der Waals surface area contributed by atoms with Crippen LogP contribution in [0.2, 0.25) is 0 Å². The second-order valence-electron chi connectivity index (χ2n) is 8.08. The van der Waals surface area contributed by atoms with E-state index in [0.717, 1.165) is 49.1 Å². The number of hydrogen-bond donors (Lipinski definition) is 2. The van der Waals surface area contributed by atoms with Crippen LogP contribution in [0, 0.1) is 11.1 Å². The number of nitrogens with zero attached hydrogens (tertiary/aromatic N) is 4. The Morgan fingerprint density at radius 3 is 2.89 bits per heavy atom. The fraction of sp³-hybridized carbons (Fsp3) is 0.526. The summed E-state index contributed by atoms with van der Waals surface area (Å²) < 4.78 is 1.58. The normalized spacial score (nSPS) is 23.1. The zero-order valence-corrected chi connectivity index (χ0v) is 15.4. The van der Waals surface area contributed by atoms with Crippen LogP contribution in [0.25, 0.3) is 0 Å². The number of carbonyl (C=O) groups is 1. The number of carbonyl (C=O) groups excluding carboxylic acids is 1. The number of pyridine rings is 1. The molecule has 1 amide bonds. The molecule has 0 radical (unpaired) electrons. The summed E-state index contributed by atoms with van der Waals surface area (Å²) in [5.74, 6) is 0.131. The molecule has 2 bridgehead atoms. The van der Waals surface area contributed by atoms with Crippen molar-refractivity contribution >= 4 is 11.6 Å². The monoisotopic (exact) mass is 384 g/mol. The fourth-order valence-corrected chi connectivity index (χ4v) is 5.05. The minimum absolute atomic E-state index is 0.0340. The minimum atomic E-state index is -0.481. The molecule has 3 aliphatic rings. The number of aromatic nitrogens is 3. The van der Waals surface area contributed by atoms with Gasteiger partial charge in [0, 0.05) is 42.5 Å². The first-order chi connectivity index (χ1) is 13.5. The van der Waals surface area contributed by atoms with Crippen molar-refractivity contribution < 1.29 is 10.0 Å². The molecular weight excluding hydrogens is 362 g/mol. The van der Waals surface area contributed by atoms with E-state index in [4.69, 9.17) is 5.21 Å². The van der Waals surface area contributed by atoms with Gasteiger partial charge in [-0.25, -0.2) is 0 Å². The summed E-state index contributed by atoms with van der Waals surface area (Å²) in [6, 6.07) is 3.06. The molecule has 148 valence electrons. The van der Waals surface area contributed by atoms with Gasteiger partial charge in [0.15, 0.2) is 5.69 Å². The van der Waals surface area contributed by atoms with Crippen molar-refractivity contribution in [3.63, 3.8) is 0 Å². The van der Waals surface area contributed by atoms with Crippen molar-refractivity contribution in [3.05, 3.63) is 50.3 Å². The van der Waals surface area contributed by atoms with Gasteiger partial charge in [-0.1, -0.05) is 0 Å². The maximum atomic E-state index is 13.2. The lowest BCUT2D eigenvalue weighted by atomic mass is 9.83. The van der Waals surface area contributed by atoms with Gasteiger partial charge in [0.05, 0.1) is 0 Å². The van der Waals surface area contributed by atoms with E-state index < -0.39 is 5.56 Å². The third-order valence-corrected chi connectivity index (χ3v) is 6.34. The molecule has 2 aromatic rings. The van der Waals surface area contributed by atoms with Gasteiger partial charge in [0.2, 0.25) is 0 Å². The first-order valence-corrected chi connectivity index (χ1v) is 9.78. The molecule has 9 heteroatoms. The van der Waals surface area contributed by atoms with E-state index in [0.29, 0.717) is 25.3 Å². The van der Waals surface area contributed by atoms with Crippen molar-refractivity contribution in [1.29, 1.82) is 0 Å². The van der Waals surface area contributed by atoms with Crippen LogP contribution >= 0.6 is 0 Å². The van der Waals surface area contributed by atoms with Gasteiger partial charge in [-0.15, -0.1) is 0 Å². The van der Waals surface area contributed by atoms with E-state index in [1.54, 1.807) is 10.6 Å². The van der Waals surface area contributed by atoms with Gasteiger partial charge in [-0.05, 0) is 50.2 Å². The molecule has 0 spiro atoms. The number of H-pyrrole nitrogens is 1. The molecule has 2 atom stereocenters. The predicted molar refractivity (Wildman–Crippen MR) is 100 cm³/mol. The highest BCUT2D eigenvalue weighted by Crippen LogP contribution is 2.36. The zero-order chi connectivity index (χ0) is 19.4. The second-order valence-corrected chi connectivity index (χ2v) is 8.08. The van der Waals surface area contributed by atoms with Crippen molar-refractivity contribution in [2.24, 2.45) is 5.92 Å². The number of aryl methyl sites for hydroxylation is 1.